The number of hydrogen-bond acceptors (Lipinski definition) is 5. The van der Waals surface area contributed by atoms with Gasteiger partial charge in [0, 0.05) is 0 Å². The molecule has 2 rings (SSSR count). The third-order valence-corrected chi connectivity index (χ3v) is 5.95. The number of nitrogens with one attached hydrogen (secondary N) is 1. The Morgan fingerprint density at radius 1 is 1.30 bits per heavy atom. The van der Waals surface area contributed by atoms with Crippen LogP contribution in [0.1, 0.15) is 74.1 Å². The smallest absolute Gasteiger partial charge is 0.404 e. The quantitative estimate of drug-likeness (QED) is 0.612. The van der Waals surface area contributed by atoms with Crippen LogP contribution in [0.15, 0.2) is 0 Å². The highest BCUT2D eigenvalue weighted by Gasteiger charge is 2.57. The Morgan fingerprint density at radius 2 is 1.89 bits per heavy atom. The molecule has 6 nitrogen and oxygen atoms in total. The van der Waals surface area contributed by atoms with E-state index in [1.165, 1.54) is 0 Å². The van der Waals surface area contributed by atoms with Crippen molar-refractivity contribution in [2.75, 3.05) is 13.1 Å². The lowest BCUT2D eigenvalue weighted by Gasteiger charge is -2.47. The molecule has 158 valence electrons. The molecule has 1 saturated heterocycles. The second-order valence-corrected chi connectivity index (χ2v) is 9.52. The zero-order valence-corrected chi connectivity index (χ0v) is 18.5. The van der Waals surface area contributed by atoms with Gasteiger partial charge in [0.05, 0.1) is 24.2 Å². The molecule has 4 atom stereocenters. The van der Waals surface area contributed by atoms with Crippen LogP contribution in [0.4, 0.5) is 0 Å². The standard InChI is InChI=1S/C17H33BN2O3.C3H9N/c1-11(2)7-14(20-15(21)9-19)18-22-13-8-12(3)16(4,5)10-17(13,6)23-18;1-2-3-4/h11-14H,7-10,19H2,1-6H3,(H,20,21);2-4H2,1H3/t12-,13+,14-,17-;/m0./s1. The summed E-state index contributed by atoms with van der Waals surface area (Å²) in [5.41, 5.74) is 10.4. The predicted molar refractivity (Wildman–Crippen MR) is 112 cm³/mol. The van der Waals surface area contributed by atoms with Gasteiger partial charge in [0.25, 0.3) is 0 Å². The average molecular weight is 383 g/mol. The van der Waals surface area contributed by atoms with Gasteiger partial charge in [-0.25, -0.2) is 0 Å². The summed E-state index contributed by atoms with van der Waals surface area (Å²) in [6, 6.07) is 0. The first-order valence-electron chi connectivity index (χ1n) is 10.5. The summed E-state index contributed by atoms with van der Waals surface area (Å²) in [5, 5.41) is 2.98. The van der Waals surface area contributed by atoms with Gasteiger partial charge >= 0.3 is 7.12 Å². The van der Waals surface area contributed by atoms with Crippen LogP contribution in [0.3, 0.4) is 0 Å². The summed E-state index contributed by atoms with van der Waals surface area (Å²) in [4.78, 5) is 11.8. The lowest BCUT2D eigenvalue weighted by atomic mass is 9.63. The molecule has 0 radical (unpaired) electrons. The first-order chi connectivity index (χ1) is 12.5. The van der Waals surface area contributed by atoms with E-state index < -0.39 is 0 Å². The first kappa shape index (κ1) is 24.4. The van der Waals surface area contributed by atoms with Gasteiger partial charge in [0.1, 0.15) is 0 Å². The Bertz CT molecular complexity index is 473. The van der Waals surface area contributed by atoms with Crippen molar-refractivity contribution in [2.24, 2.45) is 28.7 Å². The third kappa shape index (κ3) is 6.73. The van der Waals surface area contributed by atoms with E-state index in [1.807, 2.05) is 0 Å². The monoisotopic (exact) mass is 383 g/mol. The normalized spacial score (nSPS) is 30.4. The van der Waals surface area contributed by atoms with Crippen molar-refractivity contribution in [1.82, 2.24) is 5.32 Å². The van der Waals surface area contributed by atoms with E-state index in [1.54, 1.807) is 0 Å². The van der Waals surface area contributed by atoms with Crippen LogP contribution in [0, 0.1) is 17.3 Å². The summed E-state index contributed by atoms with van der Waals surface area (Å²) < 4.78 is 12.6. The average Bonchev–Trinajstić information content (AvgIpc) is 2.89. The van der Waals surface area contributed by atoms with Crippen molar-refractivity contribution >= 4 is 13.0 Å². The maximum Gasteiger partial charge on any atom is 0.481 e. The maximum absolute atomic E-state index is 11.8. The minimum absolute atomic E-state index is 0.00786. The molecule has 0 spiro atoms. The van der Waals surface area contributed by atoms with Crippen LogP contribution < -0.4 is 16.8 Å². The summed E-state index contributed by atoms with van der Waals surface area (Å²) in [5.74, 6) is 0.727. The van der Waals surface area contributed by atoms with E-state index in [0.29, 0.717) is 11.8 Å². The fourth-order valence-corrected chi connectivity index (χ4v) is 4.04. The van der Waals surface area contributed by atoms with Gasteiger partial charge in [-0.15, -0.1) is 0 Å². The van der Waals surface area contributed by atoms with Crippen molar-refractivity contribution in [3.63, 3.8) is 0 Å². The Hall–Kier alpha value is -0.625. The first-order valence-corrected chi connectivity index (χ1v) is 10.5. The van der Waals surface area contributed by atoms with Crippen LogP contribution in [0.25, 0.3) is 0 Å². The molecule has 1 saturated carbocycles. The zero-order chi connectivity index (χ0) is 20.8. The summed E-state index contributed by atoms with van der Waals surface area (Å²) in [6.07, 6.45) is 3.99. The predicted octanol–water partition coefficient (Wildman–Crippen LogP) is 2.49. The highest BCUT2D eigenvalue weighted by atomic mass is 16.7. The Labute approximate surface area is 166 Å². The highest BCUT2D eigenvalue weighted by Crippen LogP contribution is 2.50. The van der Waals surface area contributed by atoms with E-state index in [2.05, 4.69) is 53.8 Å². The SMILES string of the molecule is CC(C)C[C@H](NC(=O)CN)B1O[C@@H]2C[C@H](C)C(C)(C)C[C@]2(C)O1.CCCN. The van der Waals surface area contributed by atoms with Crippen LogP contribution >= 0.6 is 0 Å². The molecule has 0 aromatic carbocycles. The lowest BCUT2D eigenvalue weighted by molar-refractivity contribution is -0.120. The Balaban J connectivity index is 0.000000828. The minimum Gasteiger partial charge on any atom is -0.404 e. The molecule has 7 heteroatoms. The van der Waals surface area contributed by atoms with Crippen molar-refractivity contribution in [3.8, 4) is 0 Å². The van der Waals surface area contributed by atoms with Gasteiger partial charge in [0.15, 0.2) is 0 Å². The topological polar surface area (TPSA) is 99.6 Å². The molecule has 0 aromatic heterocycles. The van der Waals surface area contributed by atoms with E-state index in [0.717, 1.165) is 32.2 Å². The van der Waals surface area contributed by atoms with Crippen molar-refractivity contribution in [3.05, 3.63) is 0 Å². The number of amides is 1. The molecule has 0 bridgehead atoms. The molecular weight excluding hydrogens is 341 g/mol. The molecule has 1 heterocycles. The number of rotatable bonds is 6. The minimum atomic E-state index is -0.385. The van der Waals surface area contributed by atoms with Crippen LogP contribution in [-0.2, 0) is 14.1 Å². The molecule has 1 aliphatic carbocycles. The van der Waals surface area contributed by atoms with E-state index in [9.17, 15) is 4.79 Å². The summed E-state index contributed by atoms with van der Waals surface area (Å²) >= 11 is 0. The van der Waals surface area contributed by atoms with Crippen molar-refractivity contribution in [2.45, 2.75) is 91.8 Å². The number of carbonyl (C=O) groups excluding carboxylic acids is 1. The molecule has 5 N–H and O–H groups in total. The lowest BCUT2D eigenvalue weighted by Crippen LogP contribution is -2.51. The Kier molecular flexibility index (Phi) is 9.26. The van der Waals surface area contributed by atoms with E-state index in [-0.39, 0.29) is 42.6 Å². The van der Waals surface area contributed by atoms with Crippen molar-refractivity contribution in [1.29, 1.82) is 0 Å². The molecule has 0 unspecified atom stereocenters. The summed E-state index contributed by atoms with van der Waals surface area (Å²) in [6.45, 7) is 16.2. The largest absolute Gasteiger partial charge is 0.481 e. The van der Waals surface area contributed by atoms with Gasteiger partial charge in [-0.3, -0.25) is 4.79 Å². The van der Waals surface area contributed by atoms with Crippen molar-refractivity contribution < 1.29 is 14.1 Å². The van der Waals surface area contributed by atoms with Gasteiger partial charge in [-0.05, 0) is 56.4 Å². The Morgan fingerprint density at radius 3 is 2.37 bits per heavy atom. The van der Waals surface area contributed by atoms with Gasteiger partial charge < -0.3 is 26.1 Å². The molecular formula is C20H42BN3O3. The summed E-state index contributed by atoms with van der Waals surface area (Å²) in [7, 11) is -0.385. The number of fused-ring (bicyclic) bond motifs is 1. The fourth-order valence-electron chi connectivity index (χ4n) is 4.04. The van der Waals surface area contributed by atoms with Gasteiger partial charge in [0.2, 0.25) is 5.91 Å². The van der Waals surface area contributed by atoms with E-state index in [4.69, 9.17) is 20.8 Å². The second-order valence-electron chi connectivity index (χ2n) is 9.52. The zero-order valence-electron chi connectivity index (χ0n) is 18.5. The molecule has 1 aliphatic heterocycles. The maximum atomic E-state index is 11.8. The van der Waals surface area contributed by atoms with Crippen LogP contribution in [0.5, 0.6) is 0 Å². The van der Waals surface area contributed by atoms with Crippen LogP contribution in [-0.4, -0.2) is 43.8 Å². The number of carbonyl (C=O) groups is 1. The molecule has 1 amide bonds. The highest BCUT2D eigenvalue weighted by molar-refractivity contribution is 6.47. The van der Waals surface area contributed by atoms with Gasteiger partial charge in [-0.1, -0.05) is 41.5 Å². The van der Waals surface area contributed by atoms with E-state index >= 15 is 0 Å². The third-order valence-electron chi connectivity index (χ3n) is 5.95. The molecule has 27 heavy (non-hydrogen) atoms. The molecule has 2 aliphatic rings. The number of nitrogens with two attached hydrogens (primary N) is 2. The van der Waals surface area contributed by atoms with Crippen LogP contribution in [0.2, 0.25) is 0 Å². The fraction of sp³-hybridized carbons (Fsp3) is 0.950. The molecule has 2 fully saturated rings. The number of hydrogen-bond donors (Lipinski definition) is 3. The molecule has 0 aromatic rings. The van der Waals surface area contributed by atoms with Gasteiger partial charge in [-0.2, -0.15) is 0 Å². The second kappa shape index (κ2) is 10.2.